The fraction of sp³-hybridized carbons (Fsp3) is 0.308. The zero-order valence-corrected chi connectivity index (χ0v) is 14.2. The van der Waals surface area contributed by atoms with Crippen LogP contribution in [0.4, 0.5) is 20.9 Å². The van der Waals surface area contributed by atoms with E-state index in [1.54, 1.807) is 0 Å². The minimum atomic E-state index is -0.735. The summed E-state index contributed by atoms with van der Waals surface area (Å²) in [5, 5.41) is 24.6. The SMILES string of the molecule is CCCNc1nnc(SCC(=O)Nc2cc([N+](=O)[O-])ccc2F)s1. The fourth-order valence-electron chi connectivity index (χ4n) is 1.61. The van der Waals surface area contributed by atoms with E-state index in [1.165, 1.54) is 11.3 Å². The van der Waals surface area contributed by atoms with E-state index in [9.17, 15) is 19.3 Å². The molecule has 0 saturated carbocycles. The second-order valence-electron chi connectivity index (χ2n) is 4.56. The van der Waals surface area contributed by atoms with E-state index >= 15 is 0 Å². The maximum absolute atomic E-state index is 13.6. The Kier molecular flexibility index (Phi) is 6.44. The first-order valence-electron chi connectivity index (χ1n) is 6.93. The molecule has 1 amide bonds. The average molecular weight is 371 g/mol. The second kappa shape index (κ2) is 8.55. The van der Waals surface area contributed by atoms with Crippen molar-refractivity contribution in [2.45, 2.75) is 17.7 Å². The van der Waals surface area contributed by atoms with Gasteiger partial charge >= 0.3 is 0 Å². The molecule has 0 unspecified atom stereocenters. The van der Waals surface area contributed by atoms with Crippen LogP contribution in [0, 0.1) is 15.9 Å². The van der Waals surface area contributed by atoms with Crippen LogP contribution in [0.1, 0.15) is 13.3 Å². The number of thioether (sulfide) groups is 1. The van der Waals surface area contributed by atoms with Gasteiger partial charge in [-0.3, -0.25) is 14.9 Å². The smallest absolute Gasteiger partial charge is 0.271 e. The van der Waals surface area contributed by atoms with Crippen molar-refractivity contribution in [3.8, 4) is 0 Å². The molecule has 0 atom stereocenters. The van der Waals surface area contributed by atoms with E-state index in [-0.39, 0.29) is 17.1 Å². The third-order valence-corrected chi connectivity index (χ3v) is 4.71. The minimum absolute atomic E-state index is 0.00938. The molecule has 0 aliphatic rings. The fourth-order valence-corrected chi connectivity index (χ4v) is 3.19. The lowest BCUT2D eigenvalue weighted by molar-refractivity contribution is -0.384. The molecular weight excluding hydrogens is 357 g/mol. The van der Waals surface area contributed by atoms with Crippen LogP contribution in [-0.2, 0) is 4.79 Å². The van der Waals surface area contributed by atoms with Gasteiger partial charge in [-0.2, -0.15) is 0 Å². The monoisotopic (exact) mass is 371 g/mol. The van der Waals surface area contributed by atoms with Crippen LogP contribution < -0.4 is 10.6 Å². The Morgan fingerprint density at radius 1 is 1.46 bits per heavy atom. The van der Waals surface area contributed by atoms with E-state index in [0.29, 0.717) is 9.47 Å². The van der Waals surface area contributed by atoms with Gasteiger partial charge in [-0.05, 0) is 12.5 Å². The molecule has 0 bridgehead atoms. The molecule has 0 aliphatic carbocycles. The lowest BCUT2D eigenvalue weighted by atomic mass is 10.2. The number of aromatic nitrogens is 2. The Morgan fingerprint density at radius 3 is 2.96 bits per heavy atom. The van der Waals surface area contributed by atoms with Crippen LogP contribution in [0.5, 0.6) is 0 Å². The molecule has 1 heterocycles. The normalized spacial score (nSPS) is 10.4. The van der Waals surface area contributed by atoms with Gasteiger partial charge in [-0.1, -0.05) is 30.0 Å². The lowest BCUT2D eigenvalue weighted by Gasteiger charge is -2.05. The van der Waals surface area contributed by atoms with Crippen molar-refractivity contribution >= 4 is 45.5 Å². The quantitative estimate of drug-likeness (QED) is 0.417. The lowest BCUT2D eigenvalue weighted by Crippen LogP contribution is -2.15. The number of nitrogens with zero attached hydrogens (tertiary/aromatic N) is 3. The van der Waals surface area contributed by atoms with Crippen LogP contribution in [0.25, 0.3) is 0 Å². The predicted octanol–water partition coefficient (Wildman–Crippen LogP) is 3.14. The number of anilines is 2. The van der Waals surface area contributed by atoms with Gasteiger partial charge in [-0.25, -0.2) is 4.39 Å². The highest BCUT2D eigenvalue weighted by molar-refractivity contribution is 8.01. The highest BCUT2D eigenvalue weighted by Crippen LogP contribution is 2.26. The molecule has 2 rings (SSSR count). The number of carbonyl (C=O) groups excluding carboxylic acids is 1. The zero-order chi connectivity index (χ0) is 17.5. The standard InChI is InChI=1S/C13H14FN5O3S2/c1-2-5-15-12-17-18-13(24-12)23-7-11(20)16-10-6-8(19(21)22)3-4-9(10)14/h3-4,6H,2,5,7H2,1H3,(H,15,17)(H,16,20). The van der Waals surface area contributed by atoms with Crippen molar-refractivity contribution in [2.24, 2.45) is 0 Å². The summed E-state index contributed by atoms with van der Waals surface area (Å²) in [5.41, 5.74) is -0.521. The molecule has 2 N–H and O–H groups in total. The van der Waals surface area contributed by atoms with Gasteiger partial charge in [0.05, 0.1) is 16.4 Å². The molecule has 0 aliphatic heterocycles. The first-order valence-corrected chi connectivity index (χ1v) is 8.73. The molecule has 8 nitrogen and oxygen atoms in total. The van der Waals surface area contributed by atoms with Gasteiger partial charge in [0.2, 0.25) is 11.0 Å². The van der Waals surface area contributed by atoms with Crippen molar-refractivity contribution < 1.29 is 14.1 Å². The number of carbonyl (C=O) groups is 1. The number of non-ortho nitro benzene ring substituents is 1. The van der Waals surface area contributed by atoms with Crippen molar-refractivity contribution in [2.75, 3.05) is 22.9 Å². The number of halogens is 1. The Bertz CT molecular complexity index is 740. The van der Waals surface area contributed by atoms with Crippen molar-refractivity contribution in [3.05, 3.63) is 34.1 Å². The van der Waals surface area contributed by atoms with Crippen molar-refractivity contribution in [1.29, 1.82) is 0 Å². The Labute approximate surface area is 145 Å². The molecular formula is C13H14FN5O3S2. The molecule has 1 aromatic carbocycles. The van der Waals surface area contributed by atoms with Gasteiger partial charge in [-0.15, -0.1) is 10.2 Å². The largest absolute Gasteiger partial charge is 0.360 e. The molecule has 0 radical (unpaired) electrons. The zero-order valence-electron chi connectivity index (χ0n) is 12.6. The minimum Gasteiger partial charge on any atom is -0.360 e. The number of rotatable bonds is 8. The highest BCUT2D eigenvalue weighted by atomic mass is 32.2. The Hall–Kier alpha value is -2.27. The van der Waals surface area contributed by atoms with Gasteiger partial charge < -0.3 is 10.6 Å². The van der Waals surface area contributed by atoms with Gasteiger partial charge in [0.1, 0.15) is 5.82 Å². The van der Waals surface area contributed by atoms with Crippen LogP contribution >= 0.6 is 23.1 Å². The van der Waals surface area contributed by atoms with E-state index < -0.39 is 16.6 Å². The number of nitrogens with one attached hydrogen (secondary N) is 2. The Morgan fingerprint density at radius 2 is 2.25 bits per heavy atom. The molecule has 0 fully saturated rings. The van der Waals surface area contributed by atoms with Gasteiger partial charge in [0.25, 0.3) is 5.69 Å². The maximum atomic E-state index is 13.6. The molecule has 2 aromatic rings. The summed E-state index contributed by atoms with van der Waals surface area (Å²) < 4.78 is 14.2. The summed E-state index contributed by atoms with van der Waals surface area (Å²) in [6.07, 6.45) is 0.958. The average Bonchev–Trinajstić information content (AvgIpc) is 3.00. The van der Waals surface area contributed by atoms with E-state index in [0.717, 1.165) is 42.9 Å². The summed E-state index contributed by atoms with van der Waals surface area (Å²) in [4.78, 5) is 21.9. The second-order valence-corrected chi connectivity index (χ2v) is 6.76. The van der Waals surface area contributed by atoms with Crippen LogP contribution in [0.2, 0.25) is 0 Å². The summed E-state index contributed by atoms with van der Waals surface area (Å²) in [5.74, 6) is -1.23. The third-order valence-electron chi connectivity index (χ3n) is 2.69. The Balaban J connectivity index is 1.90. The topological polar surface area (TPSA) is 110 Å². The molecule has 24 heavy (non-hydrogen) atoms. The summed E-state index contributed by atoms with van der Waals surface area (Å²) in [7, 11) is 0. The van der Waals surface area contributed by atoms with Crippen LogP contribution in [0.3, 0.4) is 0 Å². The molecule has 0 saturated heterocycles. The maximum Gasteiger partial charge on any atom is 0.271 e. The summed E-state index contributed by atoms with van der Waals surface area (Å²) in [6.45, 7) is 2.81. The van der Waals surface area contributed by atoms with Gasteiger partial charge in [0, 0.05) is 18.7 Å². The summed E-state index contributed by atoms with van der Waals surface area (Å²) in [6, 6.07) is 2.96. The number of hydrogen-bond donors (Lipinski definition) is 2. The first kappa shape index (κ1) is 18.1. The number of nitro groups is 1. The number of hydrogen-bond acceptors (Lipinski definition) is 8. The first-order chi connectivity index (χ1) is 11.5. The van der Waals surface area contributed by atoms with E-state index in [1.807, 2.05) is 6.92 Å². The number of amides is 1. The molecule has 11 heteroatoms. The van der Waals surface area contributed by atoms with E-state index in [4.69, 9.17) is 0 Å². The van der Waals surface area contributed by atoms with Crippen LogP contribution in [0.15, 0.2) is 22.5 Å². The van der Waals surface area contributed by atoms with E-state index in [2.05, 4.69) is 20.8 Å². The molecule has 1 aromatic heterocycles. The number of nitro benzene ring substituents is 1. The predicted molar refractivity (Wildman–Crippen MR) is 91.1 cm³/mol. The van der Waals surface area contributed by atoms with Gasteiger partial charge in [0.15, 0.2) is 4.34 Å². The van der Waals surface area contributed by atoms with Crippen molar-refractivity contribution in [3.63, 3.8) is 0 Å². The van der Waals surface area contributed by atoms with Crippen LogP contribution in [-0.4, -0.2) is 33.3 Å². The number of benzene rings is 1. The third kappa shape index (κ3) is 5.13. The van der Waals surface area contributed by atoms with Crippen molar-refractivity contribution in [1.82, 2.24) is 10.2 Å². The molecule has 0 spiro atoms. The summed E-state index contributed by atoms with van der Waals surface area (Å²) >= 11 is 2.47. The molecule has 128 valence electrons. The highest BCUT2D eigenvalue weighted by Gasteiger charge is 2.14.